The molecule has 156 valence electrons. The van der Waals surface area contributed by atoms with E-state index in [4.69, 9.17) is 4.74 Å². The maximum absolute atomic E-state index is 15.1. The van der Waals surface area contributed by atoms with Gasteiger partial charge in [0, 0.05) is 10.6 Å². The van der Waals surface area contributed by atoms with E-state index in [0.29, 0.717) is 0 Å². The Morgan fingerprint density at radius 1 is 0.867 bits per heavy atom. The Hall–Kier alpha value is -2.15. The summed E-state index contributed by atoms with van der Waals surface area (Å²) in [4.78, 5) is 0. The minimum Gasteiger partial charge on any atom is -0.367 e. The highest BCUT2D eigenvalue weighted by Gasteiger charge is 2.55. The van der Waals surface area contributed by atoms with Gasteiger partial charge in [-0.15, -0.1) is 0 Å². The minimum absolute atomic E-state index is 0.112. The molecular weight excluding hydrogens is 387 g/mol. The molecule has 4 rings (SSSR count). The van der Waals surface area contributed by atoms with Crippen molar-refractivity contribution in [2.75, 3.05) is 0 Å². The molecule has 3 atom stereocenters. The fourth-order valence-corrected chi connectivity index (χ4v) is 8.57. The summed E-state index contributed by atoms with van der Waals surface area (Å²) >= 11 is 0. The van der Waals surface area contributed by atoms with E-state index >= 15 is 4.57 Å². The summed E-state index contributed by atoms with van der Waals surface area (Å²) in [6.07, 6.45) is 4.22. The van der Waals surface area contributed by atoms with Crippen LogP contribution in [0.25, 0.3) is 0 Å². The first kappa shape index (κ1) is 21.1. The van der Waals surface area contributed by atoms with Crippen LogP contribution in [0.5, 0.6) is 0 Å². The summed E-state index contributed by atoms with van der Waals surface area (Å²) in [5.74, 6) is 0. The molecule has 1 aliphatic rings. The van der Waals surface area contributed by atoms with Crippen LogP contribution in [-0.2, 0) is 14.9 Å². The van der Waals surface area contributed by atoms with Gasteiger partial charge in [-0.1, -0.05) is 111 Å². The summed E-state index contributed by atoms with van der Waals surface area (Å²) in [5.41, 5.74) is 0.404. The second-order valence-corrected chi connectivity index (χ2v) is 11.4. The average Bonchev–Trinajstić information content (AvgIpc) is 3.17. The van der Waals surface area contributed by atoms with Gasteiger partial charge >= 0.3 is 0 Å². The van der Waals surface area contributed by atoms with Crippen LogP contribution in [-0.4, -0.2) is 11.8 Å². The summed E-state index contributed by atoms with van der Waals surface area (Å²) in [6.45, 7) is 4.36. The van der Waals surface area contributed by atoms with Gasteiger partial charge in [-0.25, -0.2) is 0 Å². The molecule has 0 amide bonds. The number of rotatable bonds is 7. The number of unbranched alkanes of at least 4 members (excludes halogenated alkanes) is 1. The van der Waals surface area contributed by atoms with Gasteiger partial charge in [0.1, 0.15) is 12.7 Å². The molecule has 1 unspecified atom stereocenters. The van der Waals surface area contributed by atoms with E-state index in [1.54, 1.807) is 0 Å². The highest BCUT2D eigenvalue weighted by atomic mass is 31.2. The second kappa shape index (κ2) is 8.92. The third-order valence-corrected chi connectivity index (χ3v) is 10.2. The van der Waals surface area contributed by atoms with Crippen molar-refractivity contribution in [1.29, 1.82) is 0 Å². The van der Waals surface area contributed by atoms with Crippen molar-refractivity contribution in [3.8, 4) is 0 Å². The Kier molecular flexibility index (Phi) is 6.27. The van der Waals surface area contributed by atoms with Gasteiger partial charge in [-0.2, -0.15) is 0 Å². The van der Waals surface area contributed by atoms with Crippen LogP contribution < -0.4 is 10.6 Å². The molecule has 0 aliphatic carbocycles. The van der Waals surface area contributed by atoms with Crippen molar-refractivity contribution >= 4 is 17.8 Å². The molecule has 1 heterocycles. The molecule has 3 aromatic carbocycles. The first-order chi connectivity index (χ1) is 14.6. The van der Waals surface area contributed by atoms with Crippen LogP contribution in [0.1, 0.15) is 45.1 Å². The quantitative estimate of drug-likeness (QED) is 0.423. The molecule has 0 aromatic heterocycles. The van der Waals surface area contributed by atoms with Crippen LogP contribution in [0.3, 0.4) is 0 Å². The zero-order valence-electron chi connectivity index (χ0n) is 17.9. The van der Waals surface area contributed by atoms with Crippen LogP contribution in [0.4, 0.5) is 0 Å². The SMILES string of the molecule is CCCC[C@@H]1C[C@@H](P(=O)(c2ccccc2)c2ccccc2)C(C)(c2ccccc2)O1. The van der Waals surface area contributed by atoms with E-state index in [9.17, 15) is 0 Å². The molecule has 2 nitrogen and oxygen atoms in total. The lowest BCUT2D eigenvalue weighted by molar-refractivity contribution is -0.0346. The highest BCUT2D eigenvalue weighted by Crippen LogP contribution is 2.61. The van der Waals surface area contributed by atoms with Gasteiger partial charge in [0.25, 0.3) is 0 Å². The molecule has 1 saturated heterocycles. The number of hydrogen-bond donors (Lipinski definition) is 0. The molecule has 0 bridgehead atoms. The number of ether oxygens (including phenoxy) is 1. The maximum atomic E-state index is 15.1. The normalized spacial score (nSPS) is 24.1. The third kappa shape index (κ3) is 3.80. The summed E-state index contributed by atoms with van der Waals surface area (Å²) in [5, 5.41) is 1.84. The monoisotopic (exact) mass is 418 g/mol. The van der Waals surface area contributed by atoms with Crippen molar-refractivity contribution in [1.82, 2.24) is 0 Å². The third-order valence-electron chi connectivity index (χ3n) is 6.48. The molecule has 1 aliphatic heterocycles. The Balaban J connectivity index is 1.88. The molecule has 0 saturated carbocycles. The zero-order valence-corrected chi connectivity index (χ0v) is 18.8. The van der Waals surface area contributed by atoms with Gasteiger partial charge in [0.05, 0.1) is 11.8 Å². The molecule has 1 fully saturated rings. The molecule has 30 heavy (non-hydrogen) atoms. The minimum atomic E-state index is -2.95. The van der Waals surface area contributed by atoms with E-state index in [1.807, 2.05) is 66.7 Å². The molecular formula is C27H31O2P. The van der Waals surface area contributed by atoms with Gasteiger partial charge in [-0.3, -0.25) is 0 Å². The van der Waals surface area contributed by atoms with Crippen molar-refractivity contribution < 1.29 is 9.30 Å². The fraction of sp³-hybridized carbons (Fsp3) is 0.333. The Morgan fingerprint density at radius 3 is 1.87 bits per heavy atom. The Morgan fingerprint density at radius 2 is 1.37 bits per heavy atom. The second-order valence-electron chi connectivity index (χ2n) is 8.44. The van der Waals surface area contributed by atoms with E-state index in [0.717, 1.165) is 41.9 Å². The van der Waals surface area contributed by atoms with E-state index < -0.39 is 12.7 Å². The van der Waals surface area contributed by atoms with Crippen LogP contribution in [0.15, 0.2) is 91.0 Å². The van der Waals surface area contributed by atoms with Crippen molar-refractivity contribution in [2.45, 2.75) is 56.9 Å². The molecule has 0 N–H and O–H groups in total. The fourth-order valence-electron chi connectivity index (χ4n) is 4.89. The summed E-state index contributed by atoms with van der Waals surface area (Å²) < 4.78 is 21.9. The molecule has 3 aromatic rings. The van der Waals surface area contributed by atoms with Crippen molar-refractivity contribution in [3.05, 3.63) is 96.6 Å². The lowest BCUT2D eigenvalue weighted by Gasteiger charge is -2.37. The van der Waals surface area contributed by atoms with E-state index in [2.05, 4.69) is 38.1 Å². The predicted octanol–water partition coefficient (Wildman–Crippen LogP) is 6.26. The summed E-state index contributed by atoms with van der Waals surface area (Å²) in [6, 6.07) is 30.4. The van der Waals surface area contributed by atoms with E-state index in [1.165, 1.54) is 0 Å². The number of benzene rings is 3. The topological polar surface area (TPSA) is 26.3 Å². The molecule has 0 spiro atoms. The largest absolute Gasteiger partial charge is 0.367 e. The van der Waals surface area contributed by atoms with E-state index in [-0.39, 0.29) is 11.8 Å². The molecule has 3 heteroatoms. The van der Waals surface area contributed by atoms with Crippen LogP contribution in [0, 0.1) is 0 Å². The van der Waals surface area contributed by atoms with Gasteiger partial charge in [0.2, 0.25) is 0 Å². The van der Waals surface area contributed by atoms with Crippen molar-refractivity contribution in [3.63, 3.8) is 0 Å². The Labute approximate surface area is 180 Å². The first-order valence-corrected chi connectivity index (χ1v) is 12.8. The Bertz CT molecular complexity index is 944. The standard InChI is InChI=1S/C27H31O2P/c1-3-4-16-23-21-26(27(2,29-23)22-14-8-5-9-15-22)30(28,24-17-10-6-11-18-24)25-19-12-7-13-20-25/h5-15,17-20,23,26H,3-4,16,21H2,1-2H3/t23-,26-,27?/m1/s1. The van der Waals surface area contributed by atoms with Crippen molar-refractivity contribution in [2.24, 2.45) is 0 Å². The smallest absolute Gasteiger partial charge is 0.149 e. The first-order valence-electron chi connectivity index (χ1n) is 11.0. The highest BCUT2D eigenvalue weighted by molar-refractivity contribution is 7.79. The maximum Gasteiger partial charge on any atom is 0.149 e. The van der Waals surface area contributed by atoms with Crippen LogP contribution in [0.2, 0.25) is 0 Å². The number of hydrogen-bond acceptors (Lipinski definition) is 2. The zero-order chi connectivity index (χ0) is 21.0. The summed E-state index contributed by atoms with van der Waals surface area (Å²) in [7, 11) is -2.95. The van der Waals surface area contributed by atoms with Crippen LogP contribution >= 0.6 is 7.14 Å². The van der Waals surface area contributed by atoms with Gasteiger partial charge in [-0.05, 0) is 25.3 Å². The predicted molar refractivity (Wildman–Crippen MR) is 126 cm³/mol. The lowest BCUT2D eigenvalue weighted by Crippen LogP contribution is -2.38. The average molecular weight is 419 g/mol. The van der Waals surface area contributed by atoms with Gasteiger partial charge < -0.3 is 9.30 Å². The molecule has 0 radical (unpaired) electrons. The lowest BCUT2D eigenvalue weighted by atomic mass is 9.92. The van der Waals surface area contributed by atoms with Gasteiger partial charge in [0.15, 0.2) is 0 Å².